The van der Waals surface area contributed by atoms with Crippen LogP contribution in [0.1, 0.15) is 60.3 Å². The first kappa shape index (κ1) is 20.4. The van der Waals surface area contributed by atoms with Gasteiger partial charge in [-0.3, -0.25) is 4.79 Å². The SMILES string of the molecule is CCCNC(C)(CCCCN(CC)CC(C)C)C(=O)OC. The van der Waals surface area contributed by atoms with E-state index in [0.29, 0.717) is 5.92 Å². The van der Waals surface area contributed by atoms with Crippen LogP contribution in [-0.2, 0) is 9.53 Å². The fourth-order valence-electron chi connectivity index (χ4n) is 2.60. The molecular weight excluding hydrogens is 264 g/mol. The summed E-state index contributed by atoms with van der Waals surface area (Å²) in [6, 6.07) is 0. The number of unbranched alkanes of at least 4 members (excludes halogenated alkanes) is 1. The summed E-state index contributed by atoms with van der Waals surface area (Å²) >= 11 is 0. The number of nitrogens with one attached hydrogen (secondary N) is 1. The van der Waals surface area contributed by atoms with Crippen molar-refractivity contribution in [3.05, 3.63) is 0 Å². The Bertz CT molecular complexity index is 282. The van der Waals surface area contributed by atoms with Gasteiger partial charge in [0.2, 0.25) is 0 Å². The van der Waals surface area contributed by atoms with E-state index in [-0.39, 0.29) is 5.97 Å². The van der Waals surface area contributed by atoms with E-state index in [2.05, 4.69) is 37.9 Å². The Labute approximate surface area is 131 Å². The Morgan fingerprint density at radius 1 is 1.29 bits per heavy atom. The summed E-state index contributed by atoms with van der Waals surface area (Å²) < 4.78 is 4.95. The van der Waals surface area contributed by atoms with Crippen molar-refractivity contribution < 1.29 is 9.53 Å². The lowest BCUT2D eigenvalue weighted by Crippen LogP contribution is -2.50. The van der Waals surface area contributed by atoms with Crippen LogP contribution in [0.15, 0.2) is 0 Å². The van der Waals surface area contributed by atoms with Gasteiger partial charge in [0, 0.05) is 6.54 Å². The molecule has 1 unspecified atom stereocenters. The third-order valence-electron chi connectivity index (χ3n) is 3.87. The van der Waals surface area contributed by atoms with Gasteiger partial charge in [-0.15, -0.1) is 0 Å². The number of hydrogen-bond acceptors (Lipinski definition) is 4. The maximum atomic E-state index is 12.0. The van der Waals surface area contributed by atoms with Crippen LogP contribution in [0.5, 0.6) is 0 Å². The molecule has 0 rings (SSSR count). The molecule has 4 nitrogen and oxygen atoms in total. The Balaban J connectivity index is 4.21. The lowest BCUT2D eigenvalue weighted by molar-refractivity contribution is -0.148. The molecule has 1 N–H and O–H groups in total. The molecule has 0 aliphatic carbocycles. The second-order valence-electron chi connectivity index (χ2n) is 6.49. The second kappa shape index (κ2) is 11.0. The Kier molecular flexibility index (Phi) is 10.7. The summed E-state index contributed by atoms with van der Waals surface area (Å²) in [6.07, 6.45) is 4.02. The molecule has 4 heteroatoms. The van der Waals surface area contributed by atoms with Crippen LogP contribution >= 0.6 is 0 Å². The molecule has 0 amide bonds. The molecule has 0 aromatic rings. The van der Waals surface area contributed by atoms with E-state index in [0.717, 1.165) is 51.9 Å². The zero-order valence-electron chi connectivity index (χ0n) is 15.0. The monoisotopic (exact) mass is 300 g/mol. The third kappa shape index (κ3) is 8.42. The molecule has 0 saturated heterocycles. The van der Waals surface area contributed by atoms with Gasteiger partial charge < -0.3 is 15.0 Å². The van der Waals surface area contributed by atoms with E-state index in [1.165, 1.54) is 7.11 Å². The van der Waals surface area contributed by atoms with Gasteiger partial charge in [0.05, 0.1) is 7.11 Å². The molecule has 0 spiro atoms. The van der Waals surface area contributed by atoms with Gasteiger partial charge in [-0.05, 0) is 58.2 Å². The summed E-state index contributed by atoms with van der Waals surface area (Å²) in [5.74, 6) is 0.557. The maximum Gasteiger partial charge on any atom is 0.325 e. The minimum atomic E-state index is -0.542. The quantitative estimate of drug-likeness (QED) is 0.444. The molecule has 0 aromatic heterocycles. The number of hydrogen-bond donors (Lipinski definition) is 1. The van der Waals surface area contributed by atoms with Crippen LogP contribution in [-0.4, -0.2) is 49.7 Å². The topological polar surface area (TPSA) is 41.6 Å². The van der Waals surface area contributed by atoms with Crippen LogP contribution < -0.4 is 5.32 Å². The number of carbonyl (C=O) groups excluding carboxylic acids is 1. The molecular formula is C17H36N2O2. The largest absolute Gasteiger partial charge is 0.468 e. The standard InChI is InChI=1S/C17H36N2O2/c1-7-12-18-17(5,16(20)21-6)11-9-10-13-19(8-2)14-15(3)4/h15,18H,7-14H2,1-6H3. The Morgan fingerprint density at radius 3 is 2.43 bits per heavy atom. The summed E-state index contributed by atoms with van der Waals surface area (Å²) in [4.78, 5) is 14.5. The molecule has 0 bridgehead atoms. The third-order valence-corrected chi connectivity index (χ3v) is 3.87. The maximum absolute atomic E-state index is 12.0. The van der Waals surface area contributed by atoms with Gasteiger partial charge in [-0.2, -0.15) is 0 Å². The van der Waals surface area contributed by atoms with Crippen LogP contribution in [0.2, 0.25) is 0 Å². The zero-order valence-corrected chi connectivity index (χ0v) is 15.0. The summed E-state index contributed by atoms with van der Waals surface area (Å²) in [5, 5.41) is 3.34. The summed E-state index contributed by atoms with van der Waals surface area (Å²) in [6.45, 7) is 15.0. The highest BCUT2D eigenvalue weighted by Gasteiger charge is 2.32. The van der Waals surface area contributed by atoms with Crippen molar-refractivity contribution in [2.45, 2.75) is 65.8 Å². The summed E-state index contributed by atoms with van der Waals surface area (Å²) in [5.41, 5.74) is -0.542. The van der Waals surface area contributed by atoms with E-state index >= 15 is 0 Å². The molecule has 126 valence electrons. The molecule has 0 heterocycles. The number of esters is 1. The van der Waals surface area contributed by atoms with Gasteiger partial charge in [-0.25, -0.2) is 0 Å². The predicted octanol–water partition coefficient (Wildman–Crippen LogP) is 3.07. The van der Waals surface area contributed by atoms with Crippen molar-refractivity contribution in [3.8, 4) is 0 Å². The minimum absolute atomic E-state index is 0.148. The molecule has 0 aliphatic rings. The molecule has 0 aromatic carbocycles. The average Bonchev–Trinajstić information content (AvgIpc) is 2.46. The molecule has 21 heavy (non-hydrogen) atoms. The number of carbonyl (C=O) groups is 1. The Hall–Kier alpha value is -0.610. The van der Waals surface area contributed by atoms with Crippen molar-refractivity contribution in [3.63, 3.8) is 0 Å². The zero-order chi connectivity index (χ0) is 16.3. The number of rotatable bonds is 12. The van der Waals surface area contributed by atoms with Gasteiger partial charge in [-0.1, -0.05) is 27.7 Å². The molecule has 0 fully saturated rings. The van der Waals surface area contributed by atoms with Crippen molar-refractivity contribution in [2.75, 3.05) is 33.3 Å². The van der Waals surface area contributed by atoms with E-state index in [1.807, 2.05) is 6.92 Å². The van der Waals surface area contributed by atoms with Crippen LogP contribution in [0.3, 0.4) is 0 Å². The normalized spacial score (nSPS) is 14.5. The van der Waals surface area contributed by atoms with Gasteiger partial charge in [0.15, 0.2) is 0 Å². The first-order valence-electron chi connectivity index (χ1n) is 8.45. The molecule has 0 radical (unpaired) electrons. The van der Waals surface area contributed by atoms with E-state index in [4.69, 9.17) is 4.74 Å². The van der Waals surface area contributed by atoms with Gasteiger partial charge in [0.25, 0.3) is 0 Å². The minimum Gasteiger partial charge on any atom is -0.468 e. The predicted molar refractivity (Wildman–Crippen MR) is 89.5 cm³/mol. The van der Waals surface area contributed by atoms with Crippen molar-refractivity contribution in [1.82, 2.24) is 10.2 Å². The van der Waals surface area contributed by atoms with Gasteiger partial charge in [0.1, 0.15) is 5.54 Å². The molecule has 0 saturated carbocycles. The first-order chi connectivity index (χ1) is 9.89. The fraction of sp³-hybridized carbons (Fsp3) is 0.941. The number of ether oxygens (including phenoxy) is 1. The van der Waals surface area contributed by atoms with Crippen molar-refractivity contribution in [2.24, 2.45) is 5.92 Å². The van der Waals surface area contributed by atoms with Crippen molar-refractivity contribution in [1.29, 1.82) is 0 Å². The average molecular weight is 300 g/mol. The lowest BCUT2D eigenvalue weighted by atomic mass is 9.94. The van der Waals surface area contributed by atoms with E-state index in [1.54, 1.807) is 0 Å². The van der Waals surface area contributed by atoms with Gasteiger partial charge >= 0.3 is 5.97 Å². The first-order valence-corrected chi connectivity index (χ1v) is 8.45. The van der Waals surface area contributed by atoms with Crippen LogP contribution in [0, 0.1) is 5.92 Å². The highest BCUT2D eigenvalue weighted by atomic mass is 16.5. The highest BCUT2D eigenvalue weighted by Crippen LogP contribution is 2.16. The Morgan fingerprint density at radius 2 is 1.95 bits per heavy atom. The number of methoxy groups -OCH3 is 1. The lowest BCUT2D eigenvalue weighted by Gasteiger charge is -2.28. The molecule has 0 aliphatic heterocycles. The summed E-state index contributed by atoms with van der Waals surface area (Å²) in [7, 11) is 1.47. The second-order valence-corrected chi connectivity index (χ2v) is 6.49. The number of nitrogens with zero attached hydrogens (tertiary/aromatic N) is 1. The fourth-order valence-corrected chi connectivity index (χ4v) is 2.60. The van der Waals surface area contributed by atoms with Crippen molar-refractivity contribution >= 4 is 5.97 Å². The van der Waals surface area contributed by atoms with Crippen LogP contribution in [0.25, 0.3) is 0 Å². The molecule has 1 atom stereocenters. The van der Waals surface area contributed by atoms with E-state index < -0.39 is 5.54 Å². The van der Waals surface area contributed by atoms with Crippen LogP contribution in [0.4, 0.5) is 0 Å². The highest BCUT2D eigenvalue weighted by molar-refractivity contribution is 5.80. The smallest absolute Gasteiger partial charge is 0.325 e. The van der Waals surface area contributed by atoms with E-state index in [9.17, 15) is 4.79 Å².